The standard InChI is InChI=1S/C71H121NO5/c1-12-53(50(4)5)26-25-52(7)61-32-34-63-59-30-28-55-48-57(36-40-69(55,9)65(59)38-42-71(61,63)11)77-67(75)24-17-15-19-44-72(45-46-73)43-18-14-13-16-23-66(74)76-56-35-39-68(8)54(47-56)27-29-58-62-33-31-60(51(6)22-20-21-49(2)3)70(62,10)41-37-64(58)68/h27-28,49-53,56-65,73H,12-26,29-48H2,1-11H3. The summed E-state index contributed by atoms with van der Waals surface area (Å²) in [5.74, 6) is 11.0. The molecule has 6 saturated carbocycles. The van der Waals surface area contributed by atoms with Gasteiger partial charge in [-0.05, 0) is 234 Å². The zero-order valence-electron chi connectivity index (χ0n) is 52.1. The molecule has 0 radical (unpaired) electrons. The minimum atomic E-state index is -0.00942. The Morgan fingerprint density at radius 1 is 0.558 bits per heavy atom. The second kappa shape index (κ2) is 27.2. The van der Waals surface area contributed by atoms with Crippen LogP contribution in [-0.4, -0.2) is 60.4 Å². The number of aliphatic hydroxyl groups is 1. The molecule has 0 aromatic rings. The van der Waals surface area contributed by atoms with E-state index in [4.69, 9.17) is 9.47 Å². The molecule has 0 amide bonds. The van der Waals surface area contributed by atoms with Gasteiger partial charge in [-0.1, -0.05) is 151 Å². The summed E-state index contributed by atoms with van der Waals surface area (Å²) >= 11 is 0. The van der Waals surface area contributed by atoms with Gasteiger partial charge in [0.25, 0.3) is 0 Å². The minimum absolute atomic E-state index is 0.000639. The first-order chi connectivity index (χ1) is 36.8. The molecule has 0 bridgehead atoms. The van der Waals surface area contributed by atoms with Gasteiger partial charge in [-0.25, -0.2) is 0 Å². The van der Waals surface area contributed by atoms with Gasteiger partial charge in [0.15, 0.2) is 0 Å². The normalized spacial score (nSPS) is 37.6. The molecule has 0 heterocycles. The zero-order chi connectivity index (χ0) is 55.1. The summed E-state index contributed by atoms with van der Waals surface area (Å²) in [6.07, 6.45) is 41.8. The van der Waals surface area contributed by atoms with E-state index in [1.807, 2.05) is 0 Å². The number of rotatable bonds is 28. The average Bonchev–Trinajstić information content (AvgIpc) is 3.97. The number of fused-ring (bicyclic) bond motifs is 10. The Labute approximate surface area is 474 Å². The Bertz CT molecular complexity index is 1960. The molecule has 6 heteroatoms. The largest absolute Gasteiger partial charge is 0.462 e. The molecule has 8 aliphatic rings. The third-order valence-electron chi connectivity index (χ3n) is 25.5. The molecule has 17 unspecified atom stereocenters. The van der Waals surface area contributed by atoms with Crippen LogP contribution in [0.1, 0.15) is 275 Å². The summed E-state index contributed by atoms with van der Waals surface area (Å²) < 4.78 is 12.4. The Kier molecular flexibility index (Phi) is 21.7. The number of allylic oxidation sites excluding steroid dienone is 2. The van der Waals surface area contributed by atoms with Crippen molar-refractivity contribution in [2.75, 3.05) is 26.2 Å². The van der Waals surface area contributed by atoms with Gasteiger partial charge in [-0.3, -0.25) is 9.59 Å². The lowest BCUT2D eigenvalue weighted by molar-refractivity contribution is -0.152. The van der Waals surface area contributed by atoms with Crippen LogP contribution in [0, 0.1) is 98.6 Å². The number of esters is 2. The van der Waals surface area contributed by atoms with Crippen LogP contribution >= 0.6 is 0 Å². The summed E-state index contributed by atoms with van der Waals surface area (Å²) in [5.41, 5.74) is 4.80. The van der Waals surface area contributed by atoms with Crippen LogP contribution in [0.3, 0.4) is 0 Å². The summed E-state index contributed by atoms with van der Waals surface area (Å²) in [6.45, 7) is 30.6. The fourth-order valence-electron chi connectivity index (χ4n) is 20.8. The van der Waals surface area contributed by atoms with Gasteiger partial charge in [0, 0.05) is 32.2 Å². The van der Waals surface area contributed by atoms with Gasteiger partial charge in [-0.15, -0.1) is 0 Å². The maximum atomic E-state index is 13.2. The number of carbonyl (C=O) groups excluding carboxylic acids is 2. The molecule has 0 spiro atoms. The first-order valence-corrected chi connectivity index (χ1v) is 34.0. The molecule has 0 aliphatic heterocycles. The van der Waals surface area contributed by atoms with Crippen LogP contribution in [-0.2, 0) is 19.1 Å². The van der Waals surface area contributed by atoms with E-state index >= 15 is 0 Å². The van der Waals surface area contributed by atoms with Gasteiger partial charge in [0.1, 0.15) is 12.2 Å². The first-order valence-electron chi connectivity index (χ1n) is 34.0. The zero-order valence-corrected chi connectivity index (χ0v) is 52.1. The van der Waals surface area contributed by atoms with Crippen molar-refractivity contribution in [1.82, 2.24) is 4.90 Å². The van der Waals surface area contributed by atoms with E-state index in [0.717, 1.165) is 161 Å². The Morgan fingerprint density at radius 2 is 1.04 bits per heavy atom. The molecule has 1 N–H and O–H groups in total. The number of unbranched alkanes of at least 4 members (excludes halogenated alkanes) is 5. The highest BCUT2D eigenvalue weighted by Crippen LogP contribution is 2.69. The van der Waals surface area contributed by atoms with Crippen LogP contribution in [0.15, 0.2) is 23.3 Å². The van der Waals surface area contributed by atoms with E-state index in [-0.39, 0.29) is 41.6 Å². The van der Waals surface area contributed by atoms with Crippen molar-refractivity contribution in [3.05, 3.63) is 23.3 Å². The molecule has 0 aromatic carbocycles. The van der Waals surface area contributed by atoms with Gasteiger partial charge >= 0.3 is 11.9 Å². The smallest absolute Gasteiger partial charge is 0.306 e. The molecule has 440 valence electrons. The van der Waals surface area contributed by atoms with E-state index in [1.165, 1.54) is 116 Å². The first kappa shape index (κ1) is 61.4. The summed E-state index contributed by atoms with van der Waals surface area (Å²) in [7, 11) is 0. The number of hydrogen-bond acceptors (Lipinski definition) is 6. The van der Waals surface area contributed by atoms with Crippen LogP contribution in [0.5, 0.6) is 0 Å². The van der Waals surface area contributed by atoms with Crippen molar-refractivity contribution >= 4 is 11.9 Å². The Balaban J connectivity index is 0.674. The van der Waals surface area contributed by atoms with Crippen molar-refractivity contribution in [2.24, 2.45) is 98.6 Å². The van der Waals surface area contributed by atoms with Crippen molar-refractivity contribution in [2.45, 2.75) is 287 Å². The summed E-state index contributed by atoms with van der Waals surface area (Å²) in [6, 6.07) is 0. The lowest BCUT2D eigenvalue weighted by Gasteiger charge is -2.58. The topological polar surface area (TPSA) is 76.1 Å². The van der Waals surface area contributed by atoms with Crippen molar-refractivity contribution in [3.8, 4) is 0 Å². The lowest BCUT2D eigenvalue weighted by Crippen LogP contribution is -2.51. The maximum Gasteiger partial charge on any atom is 0.306 e. The summed E-state index contributed by atoms with van der Waals surface area (Å²) in [4.78, 5) is 28.8. The van der Waals surface area contributed by atoms with E-state index in [2.05, 4.69) is 93.2 Å². The second-order valence-electron chi connectivity index (χ2n) is 30.5. The fraction of sp³-hybridized carbons (Fsp3) is 0.915. The highest BCUT2D eigenvalue weighted by molar-refractivity contribution is 5.70. The quantitative estimate of drug-likeness (QED) is 0.0478. The molecule has 8 rings (SSSR count). The van der Waals surface area contributed by atoms with Crippen molar-refractivity contribution < 1.29 is 24.2 Å². The number of hydrogen-bond donors (Lipinski definition) is 1. The van der Waals surface area contributed by atoms with Crippen molar-refractivity contribution in [3.63, 3.8) is 0 Å². The van der Waals surface area contributed by atoms with Crippen molar-refractivity contribution in [1.29, 1.82) is 0 Å². The third-order valence-corrected chi connectivity index (χ3v) is 25.5. The SMILES string of the molecule is CCC(CCC(C)C1CCC2C3CC=C4CC(OC(=O)CCCCCN(CCO)CCCCCCC(=O)OC5CCC6(C)C(=CCC7C6CCC6(C)C(C(C)CCCC(C)C)CCC76)C5)CCC4(C)C3CCC12C)C(C)C. The minimum Gasteiger partial charge on any atom is -0.462 e. The molecule has 77 heavy (non-hydrogen) atoms. The summed E-state index contributed by atoms with van der Waals surface area (Å²) in [5, 5.41) is 9.84. The number of ether oxygens (including phenoxy) is 2. The molecule has 6 fully saturated rings. The molecule has 6 nitrogen and oxygen atoms in total. The van der Waals surface area contributed by atoms with Crippen LogP contribution in [0.2, 0.25) is 0 Å². The molecule has 0 saturated heterocycles. The molecular weight excluding hydrogens is 947 g/mol. The predicted octanol–water partition coefficient (Wildman–Crippen LogP) is 18.3. The maximum absolute atomic E-state index is 13.2. The molecular formula is C71H121NO5. The van der Waals surface area contributed by atoms with Gasteiger partial charge in [0.05, 0.1) is 6.61 Å². The monoisotopic (exact) mass is 1070 g/mol. The van der Waals surface area contributed by atoms with Gasteiger partial charge in [-0.2, -0.15) is 0 Å². The van der Waals surface area contributed by atoms with E-state index in [1.54, 1.807) is 11.1 Å². The van der Waals surface area contributed by atoms with Crippen LogP contribution in [0.4, 0.5) is 0 Å². The molecule has 17 atom stereocenters. The van der Waals surface area contributed by atoms with Gasteiger partial charge in [0.2, 0.25) is 0 Å². The number of aliphatic hydroxyl groups excluding tert-OH is 1. The average molecular weight is 1070 g/mol. The third kappa shape index (κ3) is 13.9. The fourth-order valence-corrected chi connectivity index (χ4v) is 20.8. The van der Waals surface area contributed by atoms with Crippen LogP contribution in [0.25, 0.3) is 0 Å². The predicted molar refractivity (Wildman–Crippen MR) is 320 cm³/mol. The lowest BCUT2D eigenvalue weighted by atomic mass is 9.47. The van der Waals surface area contributed by atoms with Gasteiger partial charge < -0.3 is 19.5 Å². The number of carbonyl (C=O) groups is 2. The second-order valence-corrected chi connectivity index (χ2v) is 30.5. The number of nitrogens with zero attached hydrogens (tertiary/aromatic N) is 1. The molecule has 0 aromatic heterocycles. The highest BCUT2D eigenvalue weighted by atomic mass is 16.5. The highest BCUT2D eigenvalue weighted by Gasteiger charge is 2.61. The molecule has 8 aliphatic carbocycles. The van der Waals surface area contributed by atoms with E-state index in [9.17, 15) is 14.7 Å². The van der Waals surface area contributed by atoms with Crippen LogP contribution < -0.4 is 0 Å². The Morgan fingerprint density at radius 3 is 1.51 bits per heavy atom. The Hall–Kier alpha value is -1.66. The van der Waals surface area contributed by atoms with E-state index in [0.29, 0.717) is 30.2 Å². The van der Waals surface area contributed by atoms with E-state index < -0.39 is 0 Å².